The zero-order valence-corrected chi connectivity index (χ0v) is 31.7. The van der Waals surface area contributed by atoms with Crippen molar-refractivity contribution in [3.63, 3.8) is 0 Å². The minimum absolute atomic E-state index is 0.00459. The summed E-state index contributed by atoms with van der Waals surface area (Å²) in [5.74, 6) is -0.694. The van der Waals surface area contributed by atoms with E-state index < -0.39 is 5.91 Å². The molecule has 6 aromatic carbocycles. The average molecular weight is 724 g/mol. The maximum Gasteiger partial charge on any atom is 0.259 e. The minimum atomic E-state index is -0.458. The molecule has 0 aromatic heterocycles. The van der Waals surface area contributed by atoms with Gasteiger partial charge < -0.3 is 20.2 Å². The number of nitrogens with zero attached hydrogens (tertiary/aromatic N) is 4. The van der Waals surface area contributed by atoms with E-state index in [1.807, 2.05) is 43.3 Å². The molecule has 0 unspecified atom stereocenters. The number of nitrogens with one attached hydrogen (secondary N) is 1. The highest BCUT2D eigenvalue weighted by Crippen LogP contribution is 2.40. The molecule has 53 heavy (non-hydrogen) atoms. The summed E-state index contributed by atoms with van der Waals surface area (Å²) in [5, 5.41) is 25.4. The van der Waals surface area contributed by atoms with Gasteiger partial charge in [0, 0.05) is 59.6 Å². The molecule has 0 spiro atoms. The number of hydrogen-bond acceptors (Lipinski definition) is 6. The van der Waals surface area contributed by atoms with Gasteiger partial charge in [-0.3, -0.25) is 4.79 Å². The number of phenolic OH excluding ortho intramolecular Hbond substituents is 1. The first-order valence-electron chi connectivity index (χ1n) is 18.3. The average Bonchev–Trinajstić information content (AvgIpc) is 3.18. The fraction of sp³-hybridized carbons (Fsp3) is 0.222. The predicted octanol–water partition coefficient (Wildman–Crippen LogP) is 12.0. The van der Waals surface area contributed by atoms with Crippen molar-refractivity contribution in [3.05, 3.63) is 154 Å². The van der Waals surface area contributed by atoms with Gasteiger partial charge in [0.05, 0.1) is 11.3 Å². The second kappa shape index (κ2) is 16.8. The topological polar surface area (TPSA) is 80.5 Å². The predicted molar refractivity (Wildman–Crippen MR) is 221 cm³/mol. The van der Waals surface area contributed by atoms with Crippen LogP contribution in [-0.4, -0.2) is 37.2 Å². The van der Waals surface area contributed by atoms with Crippen molar-refractivity contribution in [2.45, 2.75) is 40.5 Å². The monoisotopic (exact) mass is 723 g/mol. The van der Waals surface area contributed by atoms with Crippen molar-refractivity contribution in [3.8, 4) is 5.75 Å². The summed E-state index contributed by atoms with van der Waals surface area (Å²) in [6, 6.07) is 40.2. The van der Waals surface area contributed by atoms with Crippen LogP contribution in [0, 0.1) is 6.92 Å². The lowest BCUT2D eigenvalue weighted by Crippen LogP contribution is -2.21. The van der Waals surface area contributed by atoms with E-state index in [4.69, 9.17) is 11.6 Å². The Morgan fingerprint density at radius 1 is 0.698 bits per heavy atom. The number of hydrogen-bond donors (Lipinski definition) is 2. The summed E-state index contributed by atoms with van der Waals surface area (Å²) in [7, 11) is 0. The van der Waals surface area contributed by atoms with Gasteiger partial charge >= 0.3 is 0 Å². The van der Waals surface area contributed by atoms with Gasteiger partial charge in [0.15, 0.2) is 5.75 Å². The molecule has 6 rings (SSSR count). The van der Waals surface area contributed by atoms with Crippen molar-refractivity contribution in [2.75, 3.05) is 41.3 Å². The number of fused-ring (bicyclic) bond motifs is 1. The fourth-order valence-electron chi connectivity index (χ4n) is 6.90. The highest BCUT2D eigenvalue weighted by molar-refractivity contribution is 6.30. The van der Waals surface area contributed by atoms with Gasteiger partial charge in [-0.2, -0.15) is 5.11 Å². The SMILES string of the molecule is CCN(CC)c1ccc(C(c2ccc(/N=N/c3c(O)c(C(=O)Nc4ccc(Cl)cc4C)cc4ccccc34)cc2)c2ccc(N(CC)CC)cc2)cc1. The number of aryl methyl sites for hydroxylation is 1. The first kappa shape index (κ1) is 37.1. The van der Waals surface area contributed by atoms with Gasteiger partial charge in [-0.15, -0.1) is 5.11 Å². The number of azo groups is 1. The molecule has 0 bridgehead atoms. The lowest BCUT2D eigenvalue weighted by atomic mass is 9.85. The van der Waals surface area contributed by atoms with Gasteiger partial charge in [0.1, 0.15) is 5.69 Å². The summed E-state index contributed by atoms with van der Waals surface area (Å²) in [6.45, 7) is 14.4. The van der Waals surface area contributed by atoms with Crippen LogP contribution in [-0.2, 0) is 0 Å². The van der Waals surface area contributed by atoms with Gasteiger partial charge in [0.2, 0.25) is 0 Å². The van der Waals surface area contributed by atoms with E-state index in [-0.39, 0.29) is 22.9 Å². The number of carbonyl (C=O) groups excluding carboxylic acids is 1. The second-order valence-corrected chi connectivity index (χ2v) is 13.4. The summed E-state index contributed by atoms with van der Waals surface area (Å²) in [4.78, 5) is 18.2. The third-order valence-corrected chi connectivity index (χ3v) is 10.1. The number of aromatic hydroxyl groups is 1. The summed E-state index contributed by atoms with van der Waals surface area (Å²) >= 11 is 6.12. The van der Waals surface area contributed by atoms with Gasteiger partial charge in [-0.1, -0.05) is 72.3 Å². The van der Waals surface area contributed by atoms with Gasteiger partial charge in [-0.25, -0.2) is 0 Å². The Morgan fingerprint density at radius 2 is 1.23 bits per heavy atom. The smallest absolute Gasteiger partial charge is 0.259 e. The van der Waals surface area contributed by atoms with Crippen LogP contribution >= 0.6 is 11.6 Å². The summed E-state index contributed by atoms with van der Waals surface area (Å²) < 4.78 is 0. The van der Waals surface area contributed by atoms with Crippen molar-refractivity contribution < 1.29 is 9.90 Å². The van der Waals surface area contributed by atoms with Crippen LogP contribution < -0.4 is 15.1 Å². The van der Waals surface area contributed by atoms with Crippen LogP contribution in [0.25, 0.3) is 10.8 Å². The molecule has 0 heterocycles. The molecule has 2 N–H and O–H groups in total. The number of benzene rings is 6. The Hall–Kier alpha value is -5.66. The molecule has 7 nitrogen and oxygen atoms in total. The Bertz CT molecular complexity index is 2150. The number of amides is 1. The van der Waals surface area contributed by atoms with E-state index in [9.17, 15) is 9.90 Å². The summed E-state index contributed by atoms with van der Waals surface area (Å²) in [5.41, 5.74) is 8.31. The van der Waals surface area contributed by atoms with Crippen LogP contribution in [0.5, 0.6) is 5.75 Å². The zero-order valence-electron chi connectivity index (χ0n) is 31.0. The molecule has 0 atom stereocenters. The van der Waals surface area contributed by atoms with E-state index in [1.54, 1.807) is 24.3 Å². The van der Waals surface area contributed by atoms with Crippen LogP contribution in [0.3, 0.4) is 0 Å². The van der Waals surface area contributed by atoms with E-state index in [0.29, 0.717) is 21.8 Å². The molecule has 0 aliphatic rings. The highest BCUT2D eigenvalue weighted by atomic mass is 35.5. The molecular weight excluding hydrogens is 678 g/mol. The Morgan fingerprint density at radius 3 is 1.75 bits per heavy atom. The van der Waals surface area contributed by atoms with Crippen LogP contribution in [0.2, 0.25) is 5.02 Å². The first-order chi connectivity index (χ1) is 25.7. The summed E-state index contributed by atoms with van der Waals surface area (Å²) in [6.07, 6.45) is 0. The molecule has 270 valence electrons. The number of carbonyl (C=O) groups is 1. The second-order valence-electron chi connectivity index (χ2n) is 13.0. The maximum atomic E-state index is 13.5. The molecule has 0 aliphatic carbocycles. The molecule has 1 amide bonds. The Balaban J connectivity index is 1.33. The third-order valence-electron chi connectivity index (χ3n) is 9.88. The van der Waals surface area contributed by atoms with Gasteiger partial charge in [-0.05, 0) is 123 Å². The van der Waals surface area contributed by atoms with Crippen molar-refractivity contribution in [1.82, 2.24) is 0 Å². The van der Waals surface area contributed by atoms with Crippen molar-refractivity contribution >= 4 is 56.7 Å². The maximum absolute atomic E-state index is 13.5. The molecule has 0 saturated heterocycles. The largest absolute Gasteiger partial charge is 0.505 e. The third kappa shape index (κ3) is 8.21. The van der Waals surface area contributed by atoms with E-state index >= 15 is 0 Å². The molecule has 0 saturated carbocycles. The van der Waals surface area contributed by atoms with E-state index in [0.717, 1.165) is 42.7 Å². The molecule has 0 radical (unpaired) electrons. The van der Waals surface area contributed by atoms with Crippen LogP contribution in [0.1, 0.15) is 66.2 Å². The van der Waals surface area contributed by atoms with Crippen LogP contribution in [0.15, 0.2) is 132 Å². The van der Waals surface area contributed by atoms with Crippen LogP contribution in [0.4, 0.5) is 28.4 Å². The fourth-order valence-corrected chi connectivity index (χ4v) is 7.13. The number of rotatable bonds is 13. The molecule has 6 aromatic rings. The quantitative estimate of drug-likeness (QED) is 0.0918. The number of phenols is 1. The van der Waals surface area contributed by atoms with Crippen molar-refractivity contribution in [1.29, 1.82) is 0 Å². The highest BCUT2D eigenvalue weighted by Gasteiger charge is 2.21. The minimum Gasteiger partial charge on any atom is -0.505 e. The Labute approximate surface area is 317 Å². The normalized spacial score (nSPS) is 11.4. The molecule has 0 fully saturated rings. The lowest BCUT2D eigenvalue weighted by molar-refractivity contribution is 0.102. The number of halogens is 1. The molecular formula is C45H46ClN5O2. The van der Waals surface area contributed by atoms with E-state index in [1.165, 1.54) is 22.5 Å². The standard InChI is InChI=1S/C45H46ClN5O2/c1-6-50(7-2)37-23-16-32(17-24-37)42(33-18-25-38(26-19-33)51(8-3)9-4)31-14-21-36(22-15-31)48-49-43-39-13-11-10-12-34(39)29-40(44(43)52)45(53)47-41-27-20-35(46)28-30(41)5/h10-29,42,52H,6-9H2,1-5H3,(H,47,53)/b49-48+. The first-order valence-corrected chi connectivity index (χ1v) is 18.7. The lowest BCUT2D eigenvalue weighted by Gasteiger charge is -2.25. The van der Waals surface area contributed by atoms with Gasteiger partial charge in [0.25, 0.3) is 5.91 Å². The molecule has 0 aliphatic heterocycles. The Kier molecular flexibility index (Phi) is 11.8. The zero-order chi connectivity index (χ0) is 37.5. The van der Waals surface area contributed by atoms with Crippen molar-refractivity contribution in [2.24, 2.45) is 10.2 Å². The molecule has 8 heteroatoms. The van der Waals surface area contributed by atoms with E-state index in [2.05, 4.69) is 114 Å². The number of anilines is 3.